The van der Waals surface area contributed by atoms with Crippen molar-refractivity contribution in [3.63, 3.8) is 0 Å². The van der Waals surface area contributed by atoms with E-state index in [-0.39, 0.29) is 36.5 Å². The second-order valence-corrected chi connectivity index (χ2v) is 10.7. The molecule has 1 spiro atoms. The third kappa shape index (κ3) is 7.73. The lowest BCUT2D eigenvalue weighted by Gasteiger charge is -2.40. The number of rotatable bonds is 8. The highest BCUT2D eigenvalue weighted by atomic mass is 16.7. The van der Waals surface area contributed by atoms with Gasteiger partial charge in [0.25, 0.3) is 0 Å². The summed E-state index contributed by atoms with van der Waals surface area (Å²) in [6.07, 6.45) is 8.33. The molecular formula is C27H41NO8. The van der Waals surface area contributed by atoms with Gasteiger partial charge in [-0.3, -0.25) is 9.59 Å². The minimum absolute atomic E-state index is 0.0106. The highest BCUT2D eigenvalue weighted by Crippen LogP contribution is 2.45. The van der Waals surface area contributed by atoms with Crippen LogP contribution in [0.1, 0.15) is 60.8 Å². The number of allylic oxidation sites excluding steroid dienone is 2. The first-order valence-corrected chi connectivity index (χ1v) is 12.7. The average molecular weight is 508 g/mol. The van der Waals surface area contributed by atoms with E-state index in [0.29, 0.717) is 13.0 Å². The van der Waals surface area contributed by atoms with Crippen molar-refractivity contribution in [1.82, 2.24) is 5.32 Å². The van der Waals surface area contributed by atoms with Crippen LogP contribution in [0, 0.1) is 5.92 Å². The molecule has 3 aliphatic heterocycles. The van der Waals surface area contributed by atoms with Crippen LogP contribution in [0.25, 0.3) is 0 Å². The van der Waals surface area contributed by atoms with Crippen molar-refractivity contribution >= 4 is 11.9 Å². The zero-order valence-electron chi connectivity index (χ0n) is 22.1. The summed E-state index contributed by atoms with van der Waals surface area (Å²) in [7, 11) is 0. The number of hydrogen-bond donors (Lipinski definition) is 3. The van der Waals surface area contributed by atoms with E-state index < -0.39 is 35.7 Å². The molecule has 202 valence electrons. The van der Waals surface area contributed by atoms with Gasteiger partial charge in [0.2, 0.25) is 5.91 Å². The third-order valence-electron chi connectivity index (χ3n) is 7.02. The molecule has 0 aliphatic carbocycles. The van der Waals surface area contributed by atoms with E-state index in [2.05, 4.69) is 18.3 Å². The Balaban J connectivity index is 1.49. The van der Waals surface area contributed by atoms with Gasteiger partial charge >= 0.3 is 5.97 Å². The Morgan fingerprint density at radius 2 is 1.94 bits per heavy atom. The number of epoxide rings is 1. The number of amides is 1. The van der Waals surface area contributed by atoms with Gasteiger partial charge in [-0.2, -0.15) is 0 Å². The Hall–Kier alpha value is -2.04. The van der Waals surface area contributed by atoms with Crippen molar-refractivity contribution in [3.8, 4) is 0 Å². The van der Waals surface area contributed by atoms with E-state index in [1.807, 2.05) is 19.9 Å². The fourth-order valence-corrected chi connectivity index (χ4v) is 4.95. The minimum atomic E-state index is -1.34. The molecule has 36 heavy (non-hydrogen) atoms. The molecule has 0 radical (unpaired) electrons. The van der Waals surface area contributed by atoms with Gasteiger partial charge < -0.3 is 34.5 Å². The number of aliphatic hydroxyl groups is 2. The Kier molecular flexibility index (Phi) is 9.16. The van der Waals surface area contributed by atoms with Gasteiger partial charge in [-0.15, -0.1) is 0 Å². The summed E-state index contributed by atoms with van der Waals surface area (Å²) >= 11 is 0. The summed E-state index contributed by atoms with van der Waals surface area (Å²) in [5.41, 5.74) is 0.283. The second kappa shape index (κ2) is 11.6. The number of ether oxygens (including phenoxy) is 4. The quantitative estimate of drug-likeness (QED) is 0.198. The predicted molar refractivity (Wildman–Crippen MR) is 133 cm³/mol. The van der Waals surface area contributed by atoms with Gasteiger partial charge in [-0.25, -0.2) is 0 Å². The minimum Gasteiger partial charge on any atom is -0.459 e. The van der Waals surface area contributed by atoms with Crippen LogP contribution < -0.4 is 5.32 Å². The number of carbonyl (C=O) groups excluding carboxylic acids is 2. The number of esters is 1. The molecule has 0 aromatic heterocycles. The van der Waals surface area contributed by atoms with Crippen molar-refractivity contribution < 1.29 is 38.7 Å². The molecule has 3 heterocycles. The molecule has 3 fully saturated rings. The van der Waals surface area contributed by atoms with Gasteiger partial charge in [-0.05, 0) is 52.5 Å². The van der Waals surface area contributed by atoms with E-state index in [4.69, 9.17) is 18.9 Å². The van der Waals surface area contributed by atoms with Crippen molar-refractivity contribution in [3.05, 3.63) is 36.0 Å². The normalized spacial score (nSPS) is 39.9. The lowest BCUT2D eigenvalue weighted by atomic mass is 9.87. The number of nitrogens with one attached hydrogen (secondary N) is 1. The van der Waals surface area contributed by atoms with E-state index in [9.17, 15) is 19.8 Å². The fourth-order valence-electron chi connectivity index (χ4n) is 4.95. The van der Waals surface area contributed by atoms with E-state index >= 15 is 0 Å². The third-order valence-corrected chi connectivity index (χ3v) is 7.02. The Morgan fingerprint density at radius 1 is 1.25 bits per heavy atom. The monoisotopic (exact) mass is 507 g/mol. The first kappa shape index (κ1) is 28.5. The molecule has 0 unspecified atom stereocenters. The zero-order valence-corrected chi connectivity index (χ0v) is 22.1. The summed E-state index contributed by atoms with van der Waals surface area (Å²) in [6, 6.07) is -0.114. The molecule has 0 saturated carbocycles. The topological polar surface area (TPSA) is 127 Å². The van der Waals surface area contributed by atoms with Gasteiger partial charge in [0.1, 0.15) is 23.9 Å². The summed E-state index contributed by atoms with van der Waals surface area (Å²) in [4.78, 5) is 23.3. The summed E-state index contributed by atoms with van der Waals surface area (Å²) in [5.74, 6) is -1.75. The molecule has 3 aliphatic rings. The Bertz CT molecular complexity index is 890. The molecule has 3 N–H and O–H groups in total. The van der Waals surface area contributed by atoms with Crippen LogP contribution in [0.5, 0.6) is 0 Å². The SMILES string of the molecule is CC(=O)O[C@@H](C)/C=C/C(=O)N[C@H]1C[C@H](C)[C@H](C/C=C(C)/C=C/[C@H]2O[C@](C)(O)C[C@@]3(CO3)[C@@H]2O)O[C@@H]1C. The van der Waals surface area contributed by atoms with Gasteiger partial charge in [-0.1, -0.05) is 30.7 Å². The lowest BCUT2D eigenvalue weighted by molar-refractivity contribution is -0.272. The number of hydrogen-bond acceptors (Lipinski definition) is 8. The molecule has 9 heteroatoms. The van der Waals surface area contributed by atoms with Crippen LogP contribution in [0.4, 0.5) is 0 Å². The van der Waals surface area contributed by atoms with E-state index in [0.717, 1.165) is 12.0 Å². The maximum Gasteiger partial charge on any atom is 0.303 e. The van der Waals surface area contributed by atoms with E-state index in [1.54, 1.807) is 26.0 Å². The first-order chi connectivity index (χ1) is 16.8. The highest BCUT2D eigenvalue weighted by molar-refractivity contribution is 5.87. The van der Waals surface area contributed by atoms with Crippen LogP contribution in [-0.4, -0.2) is 76.6 Å². The molecular weight excluding hydrogens is 466 g/mol. The van der Waals surface area contributed by atoms with Crippen LogP contribution >= 0.6 is 0 Å². The van der Waals surface area contributed by atoms with Gasteiger partial charge in [0, 0.05) is 19.4 Å². The molecule has 0 aromatic rings. The van der Waals surface area contributed by atoms with Crippen LogP contribution in [0.3, 0.4) is 0 Å². The Labute approximate surface area is 213 Å². The van der Waals surface area contributed by atoms with Gasteiger partial charge in [0.05, 0.1) is 24.9 Å². The van der Waals surface area contributed by atoms with Crippen molar-refractivity contribution in [2.75, 3.05) is 6.61 Å². The standard InChI is InChI=1S/C27H41NO8/c1-16(8-11-23-25(31)27(15-33-27)14-26(6,32)36-23)7-10-22-17(2)13-21(19(4)35-22)28-24(30)12-9-18(3)34-20(5)29/h7-9,11-12,17-19,21-23,25,31-32H,10,13-15H2,1-6H3,(H,28,30)/b11-8+,12-9+,16-7+/t17-,18-,19+,21-,22-,23+,25+,26-,27+/m0/s1. The van der Waals surface area contributed by atoms with Crippen molar-refractivity contribution in [1.29, 1.82) is 0 Å². The maximum atomic E-state index is 12.3. The summed E-state index contributed by atoms with van der Waals surface area (Å²) < 4.78 is 22.3. The van der Waals surface area contributed by atoms with Crippen molar-refractivity contribution in [2.45, 2.75) is 109 Å². The lowest BCUT2D eigenvalue weighted by Crippen LogP contribution is -2.54. The number of aliphatic hydroxyl groups excluding tert-OH is 1. The molecule has 3 saturated heterocycles. The van der Waals surface area contributed by atoms with Crippen LogP contribution in [-0.2, 0) is 28.5 Å². The molecule has 0 bridgehead atoms. The summed E-state index contributed by atoms with van der Waals surface area (Å²) in [5, 5.41) is 23.9. The molecule has 9 nitrogen and oxygen atoms in total. The fraction of sp³-hybridized carbons (Fsp3) is 0.704. The largest absolute Gasteiger partial charge is 0.459 e. The van der Waals surface area contributed by atoms with Crippen molar-refractivity contribution in [2.24, 2.45) is 5.92 Å². The number of carbonyl (C=O) groups is 2. The first-order valence-electron chi connectivity index (χ1n) is 12.7. The zero-order chi connectivity index (χ0) is 26.7. The molecule has 0 aromatic carbocycles. The molecule has 3 rings (SSSR count). The average Bonchev–Trinajstić information content (AvgIpc) is 3.54. The Morgan fingerprint density at radius 3 is 2.58 bits per heavy atom. The van der Waals surface area contributed by atoms with E-state index in [1.165, 1.54) is 13.0 Å². The van der Waals surface area contributed by atoms with Crippen LogP contribution in [0.2, 0.25) is 0 Å². The maximum absolute atomic E-state index is 12.3. The second-order valence-electron chi connectivity index (χ2n) is 10.7. The highest BCUT2D eigenvalue weighted by Gasteiger charge is 2.61. The van der Waals surface area contributed by atoms with Gasteiger partial charge in [0.15, 0.2) is 5.79 Å². The van der Waals surface area contributed by atoms with Crippen LogP contribution in [0.15, 0.2) is 36.0 Å². The predicted octanol–water partition coefficient (Wildman–Crippen LogP) is 2.31. The molecule has 9 atom stereocenters. The smallest absolute Gasteiger partial charge is 0.303 e. The molecule has 1 amide bonds. The summed E-state index contributed by atoms with van der Waals surface area (Å²) in [6.45, 7) is 11.1.